The van der Waals surface area contributed by atoms with Crippen LogP contribution in [0.15, 0.2) is 30.3 Å². The molecule has 0 aliphatic rings. The lowest BCUT2D eigenvalue weighted by molar-refractivity contribution is -0.142. The van der Waals surface area contributed by atoms with E-state index in [1.54, 1.807) is 0 Å². The predicted octanol–water partition coefficient (Wildman–Crippen LogP) is 2.65. The minimum absolute atomic E-state index is 0.343. The Hall–Kier alpha value is -0.870. The smallest absolute Gasteiger partial charge is 0.313 e. The average Bonchev–Trinajstić information content (AvgIpc) is 2.29. The van der Waals surface area contributed by atoms with Gasteiger partial charge in [0.25, 0.3) is 0 Å². The van der Waals surface area contributed by atoms with Gasteiger partial charge in [0.05, 0.1) is 6.10 Å². The number of aliphatic carboxylic acids is 1. The highest BCUT2D eigenvalue weighted by Gasteiger charge is 2.29. The second kappa shape index (κ2) is 6.66. The van der Waals surface area contributed by atoms with Gasteiger partial charge in [0.15, 0.2) is 0 Å². The Kier molecular flexibility index (Phi) is 5.49. The van der Waals surface area contributed by atoms with Crippen molar-refractivity contribution in [1.82, 2.24) is 0 Å². The standard InChI is InChI=1S/C12H15BrO3/c1-2-16-10(8-13)11(12(14)15)9-6-4-3-5-7-9/h3-7,10-11H,2,8H2,1H3,(H,14,15). The fourth-order valence-corrected chi connectivity index (χ4v) is 2.18. The van der Waals surface area contributed by atoms with Crippen LogP contribution in [-0.4, -0.2) is 29.1 Å². The maximum Gasteiger partial charge on any atom is 0.313 e. The molecular formula is C12H15BrO3. The summed E-state index contributed by atoms with van der Waals surface area (Å²) in [4.78, 5) is 11.3. The van der Waals surface area contributed by atoms with Gasteiger partial charge in [-0.1, -0.05) is 46.3 Å². The normalized spacial score (nSPS) is 14.4. The zero-order valence-electron chi connectivity index (χ0n) is 9.10. The lowest BCUT2D eigenvalue weighted by atomic mass is 9.94. The molecule has 2 unspecified atom stereocenters. The number of ether oxygens (including phenoxy) is 1. The molecule has 0 radical (unpaired) electrons. The third kappa shape index (κ3) is 3.32. The Bertz CT molecular complexity index is 326. The first-order valence-electron chi connectivity index (χ1n) is 5.16. The molecule has 0 saturated carbocycles. The van der Waals surface area contributed by atoms with Gasteiger partial charge in [-0.3, -0.25) is 4.79 Å². The van der Waals surface area contributed by atoms with Crippen molar-refractivity contribution in [2.45, 2.75) is 18.9 Å². The third-order valence-corrected chi connectivity index (χ3v) is 2.97. The molecule has 1 aromatic carbocycles. The van der Waals surface area contributed by atoms with Crippen LogP contribution in [0.25, 0.3) is 0 Å². The summed E-state index contributed by atoms with van der Waals surface area (Å²) in [6.07, 6.45) is -0.343. The first-order valence-corrected chi connectivity index (χ1v) is 6.28. The van der Waals surface area contributed by atoms with Crippen molar-refractivity contribution in [1.29, 1.82) is 0 Å². The molecule has 16 heavy (non-hydrogen) atoms. The van der Waals surface area contributed by atoms with E-state index in [4.69, 9.17) is 4.74 Å². The first kappa shape index (κ1) is 13.2. The lowest BCUT2D eigenvalue weighted by Gasteiger charge is -2.22. The first-order chi connectivity index (χ1) is 7.70. The van der Waals surface area contributed by atoms with E-state index in [9.17, 15) is 9.90 Å². The van der Waals surface area contributed by atoms with Gasteiger partial charge in [-0.15, -0.1) is 0 Å². The molecule has 4 heteroatoms. The Morgan fingerprint density at radius 3 is 2.50 bits per heavy atom. The molecule has 0 aliphatic heterocycles. The summed E-state index contributed by atoms with van der Waals surface area (Å²) in [6, 6.07) is 9.16. The van der Waals surface area contributed by atoms with E-state index in [2.05, 4.69) is 15.9 Å². The Labute approximate surface area is 104 Å². The second-order valence-corrected chi connectivity index (χ2v) is 4.02. The number of hydrogen-bond donors (Lipinski definition) is 1. The van der Waals surface area contributed by atoms with Crippen molar-refractivity contribution in [3.63, 3.8) is 0 Å². The molecule has 0 spiro atoms. The summed E-state index contributed by atoms with van der Waals surface area (Å²) in [5.74, 6) is -1.48. The molecule has 2 atom stereocenters. The van der Waals surface area contributed by atoms with Crippen molar-refractivity contribution in [3.05, 3.63) is 35.9 Å². The van der Waals surface area contributed by atoms with Crippen molar-refractivity contribution in [3.8, 4) is 0 Å². The molecule has 0 bridgehead atoms. The van der Waals surface area contributed by atoms with Crippen LogP contribution in [0.5, 0.6) is 0 Å². The number of carbonyl (C=O) groups is 1. The highest BCUT2D eigenvalue weighted by atomic mass is 79.9. The van der Waals surface area contributed by atoms with Crippen LogP contribution in [0.4, 0.5) is 0 Å². The topological polar surface area (TPSA) is 46.5 Å². The van der Waals surface area contributed by atoms with Crippen LogP contribution in [0.3, 0.4) is 0 Å². The van der Waals surface area contributed by atoms with E-state index in [0.29, 0.717) is 11.9 Å². The molecule has 0 aliphatic carbocycles. The summed E-state index contributed by atoms with van der Waals surface area (Å²) < 4.78 is 5.44. The number of hydrogen-bond acceptors (Lipinski definition) is 2. The van der Waals surface area contributed by atoms with E-state index in [-0.39, 0.29) is 6.10 Å². The number of carboxylic acid groups (broad SMARTS) is 1. The highest BCUT2D eigenvalue weighted by Crippen LogP contribution is 2.23. The molecule has 1 N–H and O–H groups in total. The van der Waals surface area contributed by atoms with E-state index in [1.165, 1.54) is 0 Å². The van der Waals surface area contributed by atoms with Crippen LogP contribution in [0, 0.1) is 0 Å². The molecule has 3 nitrogen and oxygen atoms in total. The molecular weight excluding hydrogens is 272 g/mol. The van der Waals surface area contributed by atoms with E-state index in [0.717, 1.165) is 5.56 Å². The molecule has 0 amide bonds. The molecule has 0 aromatic heterocycles. The van der Waals surface area contributed by atoms with Crippen molar-refractivity contribution in [2.24, 2.45) is 0 Å². The molecule has 1 rings (SSSR count). The van der Waals surface area contributed by atoms with E-state index in [1.807, 2.05) is 37.3 Å². The van der Waals surface area contributed by atoms with Crippen LogP contribution < -0.4 is 0 Å². The van der Waals surface area contributed by atoms with Gasteiger partial charge in [-0.2, -0.15) is 0 Å². The van der Waals surface area contributed by atoms with Crippen LogP contribution in [0.2, 0.25) is 0 Å². The minimum atomic E-state index is -0.857. The van der Waals surface area contributed by atoms with Gasteiger partial charge in [-0.25, -0.2) is 0 Å². The summed E-state index contributed by atoms with van der Waals surface area (Å²) in [5.41, 5.74) is 0.771. The summed E-state index contributed by atoms with van der Waals surface area (Å²) >= 11 is 3.29. The Morgan fingerprint density at radius 1 is 1.44 bits per heavy atom. The fourth-order valence-electron chi connectivity index (χ4n) is 1.62. The van der Waals surface area contributed by atoms with Gasteiger partial charge in [0.1, 0.15) is 5.92 Å². The third-order valence-electron chi connectivity index (χ3n) is 2.33. The van der Waals surface area contributed by atoms with Gasteiger partial charge in [0, 0.05) is 11.9 Å². The number of alkyl halides is 1. The summed E-state index contributed by atoms with van der Waals surface area (Å²) in [6.45, 7) is 2.37. The quantitative estimate of drug-likeness (QED) is 0.818. The minimum Gasteiger partial charge on any atom is -0.481 e. The molecule has 0 fully saturated rings. The zero-order chi connectivity index (χ0) is 12.0. The fraction of sp³-hybridized carbons (Fsp3) is 0.417. The predicted molar refractivity (Wildman–Crippen MR) is 66.0 cm³/mol. The van der Waals surface area contributed by atoms with Crippen LogP contribution >= 0.6 is 15.9 Å². The van der Waals surface area contributed by atoms with E-state index < -0.39 is 11.9 Å². The molecule has 1 aromatic rings. The highest BCUT2D eigenvalue weighted by molar-refractivity contribution is 9.09. The summed E-state index contributed by atoms with van der Waals surface area (Å²) in [7, 11) is 0. The SMILES string of the molecule is CCOC(CBr)C(C(=O)O)c1ccccc1. The van der Waals surface area contributed by atoms with Gasteiger partial charge < -0.3 is 9.84 Å². The molecule has 0 saturated heterocycles. The van der Waals surface area contributed by atoms with Gasteiger partial charge >= 0.3 is 5.97 Å². The maximum absolute atomic E-state index is 11.3. The van der Waals surface area contributed by atoms with Crippen LogP contribution in [-0.2, 0) is 9.53 Å². The average molecular weight is 287 g/mol. The van der Waals surface area contributed by atoms with Gasteiger partial charge in [-0.05, 0) is 12.5 Å². The number of halogens is 1. The molecule has 0 heterocycles. The van der Waals surface area contributed by atoms with Gasteiger partial charge in [0.2, 0.25) is 0 Å². The monoisotopic (exact) mass is 286 g/mol. The number of rotatable bonds is 6. The Morgan fingerprint density at radius 2 is 2.06 bits per heavy atom. The lowest BCUT2D eigenvalue weighted by Crippen LogP contribution is -2.30. The summed E-state index contributed by atoms with van der Waals surface area (Å²) in [5, 5.41) is 9.76. The Balaban J connectivity index is 2.94. The van der Waals surface area contributed by atoms with Crippen molar-refractivity contribution < 1.29 is 14.6 Å². The zero-order valence-corrected chi connectivity index (χ0v) is 10.7. The number of benzene rings is 1. The van der Waals surface area contributed by atoms with Crippen molar-refractivity contribution in [2.75, 3.05) is 11.9 Å². The second-order valence-electron chi connectivity index (χ2n) is 3.37. The van der Waals surface area contributed by atoms with Crippen LogP contribution in [0.1, 0.15) is 18.4 Å². The molecule has 88 valence electrons. The van der Waals surface area contributed by atoms with E-state index >= 15 is 0 Å². The maximum atomic E-state index is 11.3. The van der Waals surface area contributed by atoms with Crippen molar-refractivity contribution >= 4 is 21.9 Å². The largest absolute Gasteiger partial charge is 0.481 e. The number of carboxylic acids is 1.